The van der Waals surface area contributed by atoms with E-state index in [0.717, 1.165) is 10.6 Å². The molecule has 0 spiro atoms. The lowest BCUT2D eigenvalue weighted by Gasteiger charge is -2.33. The highest BCUT2D eigenvalue weighted by molar-refractivity contribution is 7.92. The lowest BCUT2D eigenvalue weighted by Crippen LogP contribution is -2.54. The van der Waals surface area contributed by atoms with E-state index in [2.05, 4.69) is 5.32 Å². The number of carbonyl (C=O) groups excluding carboxylic acids is 2. The first-order valence-electron chi connectivity index (χ1n) is 10.4. The van der Waals surface area contributed by atoms with E-state index in [-0.39, 0.29) is 28.2 Å². The normalized spacial score (nSPS) is 12.7. The molecule has 0 saturated heterocycles. The first-order chi connectivity index (χ1) is 15.6. The molecule has 2 rings (SSSR count). The van der Waals surface area contributed by atoms with Crippen molar-refractivity contribution in [3.8, 4) is 0 Å². The fraction of sp³-hybridized carbons (Fsp3) is 0.391. The fourth-order valence-corrected chi connectivity index (χ4v) is 4.75. The van der Waals surface area contributed by atoms with E-state index in [1.807, 2.05) is 20.8 Å². The molecule has 0 aliphatic rings. The molecule has 2 amide bonds. The molecule has 0 saturated carbocycles. The first kappa shape index (κ1) is 28.2. The van der Waals surface area contributed by atoms with Crippen LogP contribution in [0, 0.1) is 0 Å². The molecule has 0 radical (unpaired) electrons. The molecule has 0 aliphatic heterocycles. The lowest BCUT2D eigenvalue weighted by molar-refractivity contribution is -0.140. The zero-order valence-electron chi connectivity index (χ0n) is 19.6. The average molecular weight is 549 g/mol. The van der Waals surface area contributed by atoms with E-state index >= 15 is 0 Å². The number of carbonyl (C=O) groups is 2. The number of hydrogen-bond acceptors (Lipinski definition) is 4. The molecule has 0 heterocycles. The summed E-state index contributed by atoms with van der Waals surface area (Å²) >= 11 is 18.2. The first-order valence-corrected chi connectivity index (χ1v) is 13.3. The van der Waals surface area contributed by atoms with Crippen molar-refractivity contribution in [1.82, 2.24) is 10.2 Å². The molecule has 0 bridgehead atoms. The van der Waals surface area contributed by atoms with Crippen molar-refractivity contribution < 1.29 is 18.0 Å². The number of halogens is 3. The molecule has 1 N–H and O–H groups in total. The molecule has 2 aromatic rings. The fourth-order valence-electron chi connectivity index (χ4n) is 3.19. The lowest BCUT2D eigenvalue weighted by atomic mass is 10.1. The zero-order chi connectivity index (χ0) is 25.8. The molecule has 34 heavy (non-hydrogen) atoms. The second kappa shape index (κ2) is 11.2. The highest BCUT2D eigenvalue weighted by Crippen LogP contribution is 2.27. The van der Waals surface area contributed by atoms with Crippen LogP contribution in [0.25, 0.3) is 0 Å². The summed E-state index contributed by atoms with van der Waals surface area (Å²) in [7, 11) is -3.89. The van der Waals surface area contributed by atoms with Gasteiger partial charge in [-0.15, -0.1) is 0 Å². The van der Waals surface area contributed by atoms with Crippen LogP contribution in [0.1, 0.15) is 33.3 Å². The van der Waals surface area contributed by atoms with Gasteiger partial charge in [0.15, 0.2) is 0 Å². The van der Waals surface area contributed by atoms with E-state index in [0.29, 0.717) is 10.6 Å². The van der Waals surface area contributed by atoms with Crippen LogP contribution in [0.4, 0.5) is 5.69 Å². The third-order valence-electron chi connectivity index (χ3n) is 4.72. The van der Waals surface area contributed by atoms with E-state index in [1.54, 1.807) is 31.2 Å². The van der Waals surface area contributed by atoms with Crippen LogP contribution in [0.5, 0.6) is 0 Å². The standard InChI is InChI=1S/C23H28Cl3N3O4S/c1-15(22(31)27-23(2,3)4)28(13-16-7-6-8-17(24)9-16)21(30)14-29(34(5,32)33)20-11-18(25)10-19(26)12-20/h6-12,15H,13-14H2,1-5H3,(H,27,31)/t15-/m0/s1. The third-order valence-corrected chi connectivity index (χ3v) is 6.53. The number of nitrogens with zero attached hydrogens (tertiary/aromatic N) is 2. The van der Waals surface area contributed by atoms with Crippen molar-refractivity contribution >= 4 is 62.3 Å². The summed E-state index contributed by atoms with van der Waals surface area (Å²) in [6, 6.07) is 10.2. The van der Waals surface area contributed by atoms with Crippen molar-refractivity contribution in [1.29, 1.82) is 0 Å². The monoisotopic (exact) mass is 547 g/mol. The van der Waals surface area contributed by atoms with Crippen molar-refractivity contribution in [2.24, 2.45) is 0 Å². The summed E-state index contributed by atoms with van der Waals surface area (Å²) in [5, 5.41) is 3.77. The van der Waals surface area contributed by atoms with Crippen LogP contribution in [0.3, 0.4) is 0 Å². The largest absolute Gasteiger partial charge is 0.350 e. The van der Waals surface area contributed by atoms with Gasteiger partial charge in [0.05, 0.1) is 11.9 Å². The number of hydrogen-bond donors (Lipinski definition) is 1. The Hall–Kier alpha value is -2.00. The Kier molecular flexibility index (Phi) is 9.27. The molecular weight excluding hydrogens is 521 g/mol. The van der Waals surface area contributed by atoms with Gasteiger partial charge in [-0.2, -0.15) is 0 Å². The molecule has 0 aliphatic carbocycles. The molecule has 0 aromatic heterocycles. The third kappa shape index (κ3) is 8.34. The smallest absolute Gasteiger partial charge is 0.244 e. The molecule has 11 heteroatoms. The van der Waals surface area contributed by atoms with Gasteiger partial charge < -0.3 is 10.2 Å². The van der Waals surface area contributed by atoms with Gasteiger partial charge in [-0.25, -0.2) is 8.42 Å². The van der Waals surface area contributed by atoms with Gasteiger partial charge in [0, 0.05) is 27.2 Å². The molecule has 0 unspecified atom stereocenters. The van der Waals surface area contributed by atoms with Crippen LogP contribution in [0.15, 0.2) is 42.5 Å². The Morgan fingerprint density at radius 2 is 1.59 bits per heavy atom. The summed E-state index contributed by atoms with van der Waals surface area (Å²) in [4.78, 5) is 27.7. The predicted molar refractivity (Wildman–Crippen MR) is 138 cm³/mol. The van der Waals surface area contributed by atoms with Crippen molar-refractivity contribution in [2.45, 2.75) is 45.8 Å². The Morgan fingerprint density at radius 3 is 2.09 bits per heavy atom. The Morgan fingerprint density at radius 1 is 1.00 bits per heavy atom. The van der Waals surface area contributed by atoms with Gasteiger partial charge in [-0.3, -0.25) is 13.9 Å². The summed E-state index contributed by atoms with van der Waals surface area (Å²) in [6.45, 7) is 6.57. The van der Waals surface area contributed by atoms with Crippen molar-refractivity contribution in [2.75, 3.05) is 17.1 Å². The summed E-state index contributed by atoms with van der Waals surface area (Å²) in [5.41, 5.74) is 0.308. The molecule has 0 fully saturated rings. The Balaban J connectivity index is 2.44. The summed E-state index contributed by atoms with van der Waals surface area (Å²) in [6.07, 6.45) is 0.978. The second-order valence-corrected chi connectivity index (χ2v) is 12.2. The highest BCUT2D eigenvalue weighted by Gasteiger charge is 2.31. The minimum Gasteiger partial charge on any atom is -0.350 e. The SMILES string of the molecule is C[C@@H](C(=O)NC(C)(C)C)N(Cc1cccc(Cl)c1)C(=O)CN(c1cc(Cl)cc(Cl)c1)S(C)(=O)=O. The molecular formula is C23H28Cl3N3O4S. The number of sulfonamides is 1. The Bertz CT molecular complexity index is 1150. The molecule has 1 atom stereocenters. The zero-order valence-corrected chi connectivity index (χ0v) is 22.7. The second-order valence-electron chi connectivity index (χ2n) is 8.96. The number of benzene rings is 2. The van der Waals surface area contributed by atoms with Gasteiger partial charge in [0.1, 0.15) is 12.6 Å². The van der Waals surface area contributed by atoms with E-state index in [1.165, 1.54) is 23.1 Å². The average Bonchev–Trinajstić information content (AvgIpc) is 2.66. The number of rotatable bonds is 8. The maximum absolute atomic E-state index is 13.5. The van der Waals surface area contributed by atoms with Crippen LogP contribution in [-0.4, -0.2) is 49.5 Å². The molecule has 2 aromatic carbocycles. The van der Waals surface area contributed by atoms with Gasteiger partial charge in [-0.1, -0.05) is 46.9 Å². The quantitative estimate of drug-likeness (QED) is 0.516. The maximum atomic E-state index is 13.5. The van der Waals surface area contributed by atoms with Gasteiger partial charge in [0.2, 0.25) is 21.8 Å². The summed E-state index contributed by atoms with van der Waals surface area (Å²) in [5.74, 6) is -0.961. The van der Waals surface area contributed by atoms with Crippen LogP contribution >= 0.6 is 34.8 Å². The maximum Gasteiger partial charge on any atom is 0.244 e. The minimum atomic E-state index is -3.89. The van der Waals surface area contributed by atoms with Gasteiger partial charge >= 0.3 is 0 Å². The number of anilines is 1. The molecule has 186 valence electrons. The summed E-state index contributed by atoms with van der Waals surface area (Å²) < 4.78 is 26.1. The Labute approximate surface area is 216 Å². The topological polar surface area (TPSA) is 86.8 Å². The predicted octanol–water partition coefficient (Wildman–Crippen LogP) is 4.74. The number of nitrogens with one attached hydrogen (secondary N) is 1. The van der Waals surface area contributed by atoms with Gasteiger partial charge in [-0.05, 0) is 63.6 Å². The van der Waals surface area contributed by atoms with E-state index in [9.17, 15) is 18.0 Å². The van der Waals surface area contributed by atoms with Crippen molar-refractivity contribution in [3.63, 3.8) is 0 Å². The van der Waals surface area contributed by atoms with Gasteiger partial charge in [0.25, 0.3) is 0 Å². The highest BCUT2D eigenvalue weighted by atomic mass is 35.5. The van der Waals surface area contributed by atoms with E-state index in [4.69, 9.17) is 34.8 Å². The van der Waals surface area contributed by atoms with Crippen LogP contribution < -0.4 is 9.62 Å². The minimum absolute atomic E-state index is 0.0476. The number of amides is 2. The molecule has 7 nitrogen and oxygen atoms in total. The van der Waals surface area contributed by atoms with Crippen LogP contribution in [0.2, 0.25) is 15.1 Å². The van der Waals surface area contributed by atoms with Crippen molar-refractivity contribution in [3.05, 3.63) is 63.1 Å². The van der Waals surface area contributed by atoms with Crippen LogP contribution in [-0.2, 0) is 26.2 Å². The van der Waals surface area contributed by atoms with E-state index < -0.39 is 34.1 Å².